The van der Waals surface area contributed by atoms with Crippen LogP contribution in [0, 0.1) is 17.5 Å². The molecule has 2 heterocycles. The number of amides is 1. The molecule has 0 saturated carbocycles. The zero-order valence-corrected chi connectivity index (χ0v) is 16.3. The molecule has 1 aromatic carbocycles. The second kappa shape index (κ2) is 8.33. The first-order valence-electron chi connectivity index (χ1n) is 9.22. The molecule has 3 rings (SSSR count). The summed E-state index contributed by atoms with van der Waals surface area (Å²) in [5.74, 6) is -6.02. The van der Waals surface area contributed by atoms with Gasteiger partial charge in [-0.25, -0.2) is 18.2 Å². The van der Waals surface area contributed by atoms with E-state index in [-0.39, 0.29) is 49.4 Å². The first kappa shape index (κ1) is 22.8. The SMILES string of the molecule is CC(=O)c1nc(C(F)(F)F)n2c1CN(C(=O)CC(N)Cc1cc(F)c(F)cc1F)CC2. The predicted molar refractivity (Wildman–Crippen MR) is 95.3 cm³/mol. The van der Waals surface area contributed by atoms with Crippen LogP contribution in [-0.4, -0.2) is 38.7 Å². The van der Waals surface area contributed by atoms with E-state index in [1.165, 1.54) is 4.90 Å². The summed E-state index contributed by atoms with van der Waals surface area (Å²) in [5, 5.41) is 0. The Morgan fingerprint density at radius 3 is 2.39 bits per heavy atom. The zero-order valence-electron chi connectivity index (χ0n) is 16.3. The molecule has 1 aliphatic rings. The Labute approximate surface area is 172 Å². The lowest BCUT2D eigenvalue weighted by Gasteiger charge is -2.30. The molecule has 0 radical (unpaired) electrons. The number of alkyl halides is 3. The maximum Gasteiger partial charge on any atom is 0.449 e. The molecule has 0 saturated heterocycles. The van der Waals surface area contributed by atoms with E-state index in [2.05, 4.69) is 4.98 Å². The van der Waals surface area contributed by atoms with Gasteiger partial charge in [0, 0.05) is 38.5 Å². The van der Waals surface area contributed by atoms with Crippen LogP contribution in [-0.2, 0) is 30.5 Å². The van der Waals surface area contributed by atoms with Crippen LogP contribution in [0.15, 0.2) is 12.1 Å². The third-order valence-corrected chi connectivity index (χ3v) is 4.95. The second-order valence-electron chi connectivity index (χ2n) is 7.28. The summed E-state index contributed by atoms with van der Waals surface area (Å²) >= 11 is 0. The Hall–Kier alpha value is -2.89. The largest absolute Gasteiger partial charge is 0.449 e. The lowest BCUT2D eigenvalue weighted by Crippen LogP contribution is -2.42. The van der Waals surface area contributed by atoms with Crippen LogP contribution in [0.1, 0.15) is 40.9 Å². The van der Waals surface area contributed by atoms with E-state index in [0.717, 1.165) is 11.5 Å². The Morgan fingerprint density at radius 1 is 1.13 bits per heavy atom. The minimum atomic E-state index is -4.76. The number of benzene rings is 1. The number of hydrogen-bond acceptors (Lipinski definition) is 4. The molecule has 6 nitrogen and oxygen atoms in total. The molecule has 1 unspecified atom stereocenters. The van der Waals surface area contributed by atoms with Crippen molar-refractivity contribution < 1.29 is 35.9 Å². The van der Waals surface area contributed by atoms with Crippen LogP contribution >= 0.6 is 0 Å². The van der Waals surface area contributed by atoms with Crippen LogP contribution < -0.4 is 5.73 Å². The van der Waals surface area contributed by atoms with E-state index in [1.54, 1.807) is 0 Å². The highest BCUT2D eigenvalue weighted by Gasteiger charge is 2.41. The summed E-state index contributed by atoms with van der Waals surface area (Å²) < 4.78 is 80.6. The van der Waals surface area contributed by atoms with Gasteiger partial charge in [0.15, 0.2) is 17.4 Å². The van der Waals surface area contributed by atoms with E-state index >= 15 is 0 Å². The molecule has 12 heteroatoms. The highest BCUT2D eigenvalue weighted by molar-refractivity contribution is 5.93. The van der Waals surface area contributed by atoms with Crippen LogP contribution in [0.5, 0.6) is 0 Å². The minimum Gasteiger partial charge on any atom is -0.335 e. The number of carbonyl (C=O) groups excluding carboxylic acids is 2. The molecule has 1 aliphatic heterocycles. The number of hydrogen-bond donors (Lipinski definition) is 1. The average molecular weight is 448 g/mol. The van der Waals surface area contributed by atoms with E-state index in [1.807, 2.05) is 0 Å². The number of nitrogens with zero attached hydrogens (tertiary/aromatic N) is 3. The van der Waals surface area contributed by atoms with Crippen molar-refractivity contribution in [1.29, 1.82) is 0 Å². The number of carbonyl (C=O) groups is 2. The summed E-state index contributed by atoms with van der Waals surface area (Å²) in [6, 6.07) is 0.0930. The predicted octanol–water partition coefficient (Wildman–Crippen LogP) is 2.82. The fourth-order valence-corrected chi connectivity index (χ4v) is 3.51. The number of Topliss-reactive ketones (excluding diaryl/α,β-unsaturated/α-hetero) is 1. The standard InChI is InChI=1S/C19H18F6N4O2/c1-9(30)17-15-8-28(2-3-29(15)18(27-17)19(23,24)25)16(31)6-11(26)4-10-5-13(21)14(22)7-12(10)20/h5,7,11H,2-4,6,8,26H2,1H3. The summed E-state index contributed by atoms with van der Waals surface area (Å²) in [7, 11) is 0. The van der Waals surface area contributed by atoms with Crippen molar-refractivity contribution in [2.45, 2.75) is 45.1 Å². The number of fused-ring (bicyclic) bond motifs is 1. The van der Waals surface area contributed by atoms with Gasteiger partial charge in [-0.15, -0.1) is 0 Å². The third kappa shape index (κ3) is 4.73. The average Bonchev–Trinajstić information content (AvgIpc) is 3.05. The van der Waals surface area contributed by atoms with Crippen LogP contribution in [0.4, 0.5) is 26.3 Å². The van der Waals surface area contributed by atoms with Crippen molar-refractivity contribution in [3.63, 3.8) is 0 Å². The van der Waals surface area contributed by atoms with Crippen molar-refractivity contribution in [3.05, 3.63) is 52.4 Å². The molecule has 1 atom stereocenters. The smallest absolute Gasteiger partial charge is 0.335 e. The van der Waals surface area contributed by atoms with Gasteiger partial charge >= 0.3 is 6.18 Å². The fraction of sp³-hybridized carbons (Fsp3) is 0.421. The molecule has 168 valence electrons. The molecule has 0 spiro atoms. The summed E-state index contributed by atoms with van der Waals surface area (Å²) in [4.78, 5) is 29.0. The molecule has 1 amide bonds. The van der Waals surface area contributed by atoms with Crippen molar-refractivity contribution in [2.75, 3.05) is 6.54 Å². The van der Waals surface area contributed by atoms with Crippen LogP contribution in [0.25, 0.3) is 0 Å². The molecule has 2 aromatic rings. The van der Waals surface area contributed by atoms with Gasteiger partial charge in [0.2, 0.25) is 11.7 Å². The Kier molecular flexibility index (Phi) is 6.12. The van der Waals surface area contributed by atoms with Gasteiger partial charge < -0.3 is 15.2 Å². The molecule has 2 N–H and O–H groups in total. The molecule has 0 fully saturated rings. The summed E-state index contributed by atoms with van der Waals surface area (Å²) in [6.45, 7) is 0.511. The maximum absolute atomic E-state index is 13.8. The van der Waals surface area contributed by atoms with Crippen LogP contribution in [0.3, 0.4) is 0 Å². The molecule has 31 heavy (non-hydrogen) atoms. The Bertz CT molecular complexity index is 1030. The molecule has 0 aliphatic carbocycles. The normalized spacial score (nSPS) is 15.0. The Morgan fingerprint density at radius 2 is 1.77 bits per heavy atom. The summed E-state index contributed by atoms with van der Waals surface area (Å²) in [6.07, 6.45) is -5.32. The van der Waals surface area contributed by atoms with E-state index in [9.17, 15) is 35.9 Å². The number of rotatable bonds is 5. The van der Waals surface area contributed by atoms with E-state index < -0.39 is 47.2 Å². The van der Waals surface area contributed by atoms with Gasteiger partial charge in [-0.05, 0) is 18.1 Å². The number of nitrogens with two attached hydrogens (primary N) is 1. The van der Waals surface area contributed by atoms with Crippen molar-refractivity contribution in [1.82, 2.24) is 14.5 Å². The number of ketones is 1. The van der Waals surface area contributed by atoms with Gasteiger partial charge in [0.25, 0.3) is 0 Å². The van der Waals surface area contributed by atoms with Gasteiger partial charge in [-0.3, -0.25) is 9.59 Å². The van der Waals surface area contributed by atoms with Gasteiger partial charge in [-0.1, -0.05) is 0 Å². The monoisotopic (exact) mass is 448 g/mol. The van der Waals surface area contributed by atoms with E-state index in [4.69, 9.17) is 5.73 Å². The van der Waals surface area contributed by atoms with Gasteiger partial charge in [0.1, 0.15) is 11.5 Å². The highest BCUT2D eigenvalue weighted by atomic mass is 19.4. The molecule has 1 aromatic heterocycles. The lowest BCUT2D eigenvalue weighted by molar-refractivity contribution is -0.148. The third-order valence-electron chi connectivity index (χ3n) is 4.95. The lowest BCUT2D eigenvalue weighted by atomic mass is 10.0. The molecular formula is C19H18F6N4O2. The first-order chi connectivity index (χ1) is 14.4. The van der Waals surface area contributed by atoms with Crippen molar-refractivity contribution in [2.24, 2.45) is 5.73 Å². The van der Waals surface area contributed by atoms with Crippen molar-refractivity contribution >= 4 is 11.7 Å². The minimum absolute atomic E-state index is 0.0281. The Balaban J connectivity index is 1.73. The number of aromatic nitrogens is 2. The van der Waals surface area contributed by atoms with E-state index in [0.29, 0.717) is 12.1 Å². The second-order valence-corrected chi connectivity index (χ2v) is 7.28. The van der Waals surface area contributed by atoms with Crippen molar-refractivity contribution in [3.8, 4) is 0 Å². The molecular weight excluding hydrogens is 430 g/mol. The van der Waals surface area contributed by atoms with Crippen LogP contribution in [0.2, 0.25) is 0 Å². The number of halogens is 6. The highest BCUT2D eigenvalue weighted by Crippen LogP contribution is 2.32. The zero-order chi connectivity index (χ0) is 23.1. The first-order valence-corrected chi connectivity index (χ1v) is 9.22. The van der Waals surface area contributed by atoms with Gasteiger partial charge in [0.05, 0.1) is 12.2 Å². The maximum atomic E-state index is 13.8. The van der Waals surface area contributed by atoms with Gasteiger partial charge in [-0.2, -0.15) is 13.2 Å². The quantitative estimate of drug-likeness (QED) is 0.433. The summed E-state index contributed by atoms with van der Waals surface area (Å²) in [5.41, 5.74) is 5.26. The molecule has 0 bridgehead atoms. The topological polar surface area (TPSA) is 81.2 Å². The fourth-order valence-electron chi connectivity index (χ4n) is 3.51. The number of imidazole rings is 1.